The molecule has 3 fully saturated rings. The number of amides is 2. The van der Waals surface area contributed by atoms with Crippen LogP contribution in [0.25, 0.3) is 0 Å². The van der Waals surface area contributed by atoms with Crippen LogP contribution in [0.5, 0.6) is 0 Å². The summed E-state index contributed by atoms with van der Waals surface area (Å²) in [5.74, 6) is 0.192. The molecule has 4 rings (SSSR count). The topological polar surface area (TPSA) is 78.0 Å². The van der Waals surface area contributed by atoms with Gasteiger partial charge in [-0.2, -0.15) is 0 Å². The molecular formula is C20H26ClN3O4S. The minimum atomic E-state index is -2.90. The second-order valence-corrected chi connectivity index (χ2v) is 10.8. The fraction of sp³-hybridized carbons (Fsp3) is 0.600. The summed E-state index contributed by atoms with van der Waals surface area (Å²) in [6.45, 7) is 3.40. The monoisotopic (exact) mass is 439 g/mol. The third-order valence-electron chi connectivity index (χ3n) is 6.23. The Hall–Kier alpha value is -1.64. The lowest BCUT2D eigenvalue weighted by molar-refractivity contribution is -0.137. The van der Waals surface area contributed by atoms with Crippen molar-refractivity contribution in [2.24, 2.45) is 5.92 Å². The van der Waals surface area contributed by atoms with E-state index < -0.39 is 9.84 Å². The zero-order chi connectivity index (χ0) is 20.6. The molecule has 3 aliphatic heterocycles. The van der Waals surface area contributed by atoms with E-state index in [-0.39, 0.29) is 41.7 Å². The van der Waals surface area contributed by atoms with Crippen molar-refractivity contribution < 1.29 is 18.0 Å². The summed E-state index contributed by atoms with van der Waals surface area (Å²) in [6, 6.07) is 7.52. The molecule has 1 aromatic carbocycles. The summed E-state index contributed by atoms with van der Waals surface area (Å²) in [6.07, 6.45) is 0.925. The number of halogens is 1. The van der Waals surface area contributed by atoms with Crippen LogP contribution in [0.1, 0.15) is 18.4 Å². The number of hydrogen-bond acceptors (Lipinski definition) is 5. The number of likely N-dealkylation sites (tertiary alicyclic amines) is 1. The van der Waals surface area contributed by atoms with Gasteiger partial charge in [-0.25, -0.2) is 8.42 Å². The zero-order valence-electron chi connectivity index (χ0n) is 16.3. The second-order valence-electron chi connectivity index (χ2n) is 8.18. The van der Waals surface area contributed by atoms with Gasteiger partial charge in [-0.15, -0.1) is 0 Å². The molecule has 3 aliphatic rings. The minimum Gasteiger partial charge on any atom is -0.340 e. The van der Waals surface area contributed by atoms with Crippen LogP contribution in [0.3, 0.4) is 0 Å². The highest BCUT2D eigenvalue weighted by atomic mass is 35.5. The van der Waals surface area contributed by atoms with Gasteiger partial charge in [0.15, 0.2) is 9.84 Å². The van der Waals surface area contributed by atoms with E-state index in [1.54, 1.807) is 11.0 Å². The number of benzene rings is 1. The van der Waals surface area contributed by atoms with E-state index in [9.17, 15) is 18.0 Å². The maximum Gasteiger partial charge on any atom is 0.228 e. The van der Waals surface area contributed by atoms with Crippen molar-refractivity contribution in [3.05, 3.63) is 34.9 Å². The second kappa shape index (κ2) is 8.24. The summed E-state index contributed by atoms with van der Waals surface area (Å²) in [5, 5.41) is 0.625. The molecule has 1 aromatic rings. The molecule has 9 heteroatoms. The number of nitrogens with zero attached hydrogens (tertiary/aromatic N) is 3. The van der Waals surface area contributed by atoms with Gasteiger partial charge < -0.3 is 9.80 Å². The first-order chi connectivity index (χ1) is 13.8. The van der Waals surface area contributed by atoms with Gasteiger partial charge >= 0.3 is 0 Å². The van der Waals surface area contributed by atoms with Gasteiger partial charge in [0.25, 0.3) is 0 Å². The lowest BCUT2D eigenvalue weighted by atomic mass is 10.1. The van der Waals surface area contributed by atoms with E-state index in [2.05, 4.69) is 4.90 Å². The van der Waals surface area contributed by atoms with E-state index >= 15 is 0 Å². The number of hydrogen-bond donors (Lipinski definition) is 0. The Morgan fingerprint density at radius 1 is 1.14 bits per heavy atom. The number of carbonyl (C=O) groups is 2. The summed E-state index contributed by atoms with van der Waals surface area (Å²) >= 11 is 6.20. The van der Waals surface area contributed by atoms with Gasteiger partial charge in [0.1, 0.15) is 0 Å². The molecule has 3 saturated heterocycles. The average molecular weight is 440 g/mol. The van der Waals surface area contributed by atoms with Gasteiger partial charge in [0.05, 0.1) is 17.4 Å². The quantitative estimate of drug-likeness (QED) is 0.700. The molecule has 0 aromatic heterocycles. The van der Waals surface area contributed by atoms with Crippen LogP contribution < -0.4 is 0 Å². The maximum atomic E-state index is 12.9. The fourth-order valence-corrected chi connectivity index (χ4v) is 6.51. The Labute approximate surface area is 176 Å². The highest BCUT2D eigenvalue weighted by Gasteiger charge is 2.39. The van der Waals surface area contributed by atoms with Crippen molar-refractivity contribution in [3.63, 3.8) is 0 Å². The van der Waals surface area contributed by atoms with Crippen LogP contribution in [0.4, 0.5) is 0 Å². The highest BCUT2D eigenvalue weighted by Crippen LogP contribution is 2.26. The molecule has 2 amide bonds. The number of carbonyl (C=O) groups excluding carboxylic acids is 2. The molecule has 29 heavy (non-hydrogen) atoms. The Morgan fingerprint density at radius 3 is 2.52 bits per heavy atom. The number of piperazine rings is 1. The molecule has 3 heterocycles. The normalized spacial score (nSPS) is 27.6. The SMILES string of the molecule is O=C1C[C@@H](C(=O)N2CCN([C@H]3CCS(=O)(=O)C3)CC2)CN1Cc1ccccc1Cl. The highest BCUT2D eigenvalue weighted by molar-refractivity contribution is 7.91. The first-order valence-corrected chi connectivity index (χ1v) is 12.3. The standard InChI is InChI=1S/C20H26ClN3O4S/c21-18-4-2-1-3-15(18)12-24-13-16(11-19(24)25)20(26)23-8-6-22(7-9-23)17-5-10-29(27,28)14-17/h1-4,16-17H,5-14H2/t16-,17+/m1/s1. The molecule has 0 radical (unpaired) electrons. The lowest BCUT2D eigenvalue weighted by Gasteiger charge is -2.38. The molecule has 0 aliphatic carbocycles. The van der Waals surface area contributed by atoms with E-state index in [0.717, 1.165) is 5.56 Å². The summed E-state index contributed by atoms with van der Waals surface area (Å²) in [7, 11) is -2.90. The van der Waals surface area contributed by atoms with E-state index in [0.29, 0.717) is 50.7 Å². The fourth-order valence-electron chi connectivity index (χ4n) is 4.55. The number of sulfone groups is 1. The van der Waals surface area contributed by atoms with Gasteiger partial charge in [0.2, 0.25) is 11.8 Å². The maximum absolute atomic E-state index is 12.9. The van der Waals surface area contributed by atoms with E-state index in [4.69, 9.17) is 11.6 Å². The molecule has 0 unspecified atom stereocenters. The Morgan fingerprint density at radius 2 is 1.86 bits per heavy atom. The molecule has 2 atom stereocenters. The van der Waals surface area contributed by atoms with Crippen molar-refractivity contribution in [3.8, 4) is 0 Å². The van der Waals surface area contributed by atoms with E-state index in [1.165, 1.54) is 0 Å². The van der Waals surface area contributed by atoms with Gasteiger partial charge in [-0.05, 0) is 18.1 Å². The summed E-state index contributed by atoms with van der Waals surface area (Å²) in [5.41, 5.74) is 0.885. The van der Waals surface area contributed by atoms with Crippen LogP contribution in [-0.2, 0) is 26.0 Å². The van der Waals surface area contributed by atoms with Crippen molar-refractivity contribution in [2.45, 2.75) is 25.4 Å². The van der Waals surface area contributed by atoms with Gasteiger partial charge in [-0.3, -0.25) is 14.5 Å². The molecule has 7 nitrogen and oxygen atoms in total. The Kier molecular flexibility index (Phi) is 5.86. The zero-order valence-corrected chi connectivity index (χ0v) is 17.9. The summed E-state index contributed by atoms with van der Waals surface area (Å²) in [4.78, 5) is 31.1. The van der Waals surface area contributed by atoms with Gasteiger partial charge in [-0.1, -0.05) is 29.8 Å². The van der Waals surface area contributed by atoms with Crippen molar-refractivity contribution >= 4 is 33.3 Å². The molecule has 0 bridgehead atoms. The first kappa shape index (κ1) is 20.6. The van der Waals surface area contributed by atoms with Crippen LogP contribution >= 0.6 is 11.6 Å². The van der Waals surface area contributed by atoms with Crippen LogP contribution in [-0.4, -0.2) is 85.2 Å². The average Bonchev–Trinajstić information content (AvgIpc) is 3.25. The van der Waals surface area contributed by atoms with Crippen LogP contribution in [0, 0.1) is 5.92 Å². The predicted octanol–water partition coefficient (Wildman–Crippen LogP) is 1.02. The van der Waals surface area contributed by atoms with Crippen molar-refractivity contribution in [1.29, 1.82) is 0 Å². The minimum absolute atomic E-state index is 0.0157. The predicted molar refractivity (Wildman–Crippen MR) is 110 cm³/mol. The lowest BCUT2D eigenvalue weighted by Crippen LogP contribution is -2.53. The van der Waals surface area contributed by atoms with Crippen LogP contribution in [0.15, 0.2) is 24.3 Å². The first-order valence-electron chi connectivity index (χ1n) is 10.1. The van der Waals surface area contributed by atoms with E-state index in [1.807, 2.05) is 23.1 Å². The van der Waals surface area contributed by atoms with Crippen molar-refractivity contribution in [1.82, 2.24) is 14.7 Å². The largest absolute Gasteiger partial charge is 0.340 e. The molecule has 0 N–H and O–H groups in total. The molecular weight excluding hydrogens is 414 g/mol. The molecule has 158 valence electrons. The summed E-state index contributed by atoms with van der Waals surface area (Å²) < 4.78 is 23.4. The van der Waals surface area contributed by atoms with Crippen molar-refractivity contribution in [2.75, 3.05) is 44.2 Å². The Balaban J connectivity index is 1.30. The van der Waals surface area contributed by atoms with Gasteiger partial charge in [0, 0.05) is 56.8 Å². The third kappa shape index (κ3) is 4.59. The Bertz CT molecular complexity index is 899. The number of rotatable bonds is 4. The third-order valence-corrected chi connectivity index (χ3v) is 8.35. The molecule has 0 spiro atoms. The smallest absolute Gasteiger partial charge is 0.228 e. The molecule has 0 saturated carbocycles. The van der Waals surface area contributed by atoms with Crippen LogP contribution in [0.2, 0.25) is 5.02 Å².